The van der Waals surface area contributed by atoms with Gasteiger partial charge in [-0.05, 0) is 43.5 Å². The molecule has 0 saturated heterocycles. The summed E-state index contributed by atoms with van der Waals surface area (Å²) in [6, 6.07) is 12.2. The fourth-order valence-electron chi connectivity index (χ4n) is 2.58. The van der Waals surface area contributed by atoms with E-state index >= 15 is 0 Å². The van der Waals surface area contributed by atoms with Crippen molar-refractivity contribution in [3.8, 4) is 0 Å². The number of hydrogen-bond donors (Lipinski definition) is 2. The zero-order valence-electron chi connectivity index (χ0n) is 21.0. The summed E-state index contributed by atoms with van der Waals surface area (Å²) in [5.74, 6) is -1.24. The van der Waals surface area contributed by atoms with Gasteiger partial charge in [-0.25, -0.2) is 18.2 Å². The van der Waals surface area contributed by atoms with E-state index in [9.17, 15) is 18.0 Å². The number of benzene rings is 2. The summed E-state index contributed by atoms with van der Waals surface area (Å²) in [6.45, 7) is 9.16. The van der Waals surface area contributed by atoms with Crippen LogP contribution in [-0.2, 0) is 21.2 Å². The lowest BCUT2D eigenvalue weighted by Crippen LogP contribution is -2.54. The fourth-order valence-corrected chi connectivity index (χ4v) is 4.85. The Morgan fingerprint density at radius 1 is 1.03 bits per heavy atom. The number of carboxylic acids is 1. The average molecular weight is 549 g/mol. The number of hydrazine groups is 1. The molecule has 35 heavy (non-hydrogen) atoms. The number of hydrogen-bond acceptors (Lipinski definition) is 4. The predicted octanol–water partition coefficient (Wildman–Crippen LogP) is 5.70. The topological polar surface area (TPSA) is 107 Å². The highest BCUT2D eigenvalue weighted by molar-refractivity contribution is 7.89. The lowest BCUT2D eigenvalue weighted by Gasteiger charge is -2.31. The van der Waals surface area contributed by atoms with Crippen LogP contribution in [0.4, 0.5) is 4.79 Å². The van der Waals surface area contributed by atoms with Crippen molar-refractivity contribution in [1.29, 1.82) is 0 Å². The number of sulfonamides is 1. The Labute approximate surface area is 218 Å². The summed E-state index contributed by atoms with van der Waals surface area (Å²) in [7, 11) is -2.90. The first-order chi connectivity index (χ1) is 16.4. The van der Waals surface area contributed by atoms with E-state index in [-0.39, 0.29) is 21.5 Å². The number of carboxylic acid groups (broad SMARTS) is 1. The van der Waals surface area contributed by atoms with Crippen LogP contribution in [-0.4, -0.2) is 54.6 Å². The minimum Gasteiger partial charge on any atom is -0.480 e. The predicted molar refractivity (Wildman–Crippen MR) is 141 cm³/mol. The Bertz CT molecular complexity index is 1020. The molecule has 0 bridgehead atoms. The highest BCUT2D eigenvalue weighted by Gasteiger charge is 2.31. The van der Waals surface area contributed by atoms with E-state index in [0.717, 1.165) is 15.8 Å². The van der Waals surface area contributed by atoms with Gasteiger partial charge in [-0.15, -0.1) is 4.41 Å². The van der Waals surface area contributed by atoms with Crippen molar-refractivity contribution in [2.75, 3.05) is 13.6 Å². The summed E-state index contributed by atoms with van der Waals surface area (Å²) in [4.78, 5) is 22.9. The third-order valence-electron chi connectivity index (χ3n) is 4.42. The molecule has 0 aliphatic carbocycles. The second-order valence-corrected chi connectivity index (χ2v) is 9.74. The molecule has 8 nitrogen and oxygen atoms in total. The number of halogens is 2. The zero-order chi connectivity index (χ0) is 27.2. The molecule has 0 aliphatic heterocycles. The number of urea groups is 1. The molecule has 1 atom stereocenters. The number of carbonyl (C=O) groups is 2. The SMILES string of the molecule is CC.CCCN(N(C)C(=O)NC(C)C(=O)O)S(=O)(=O)c1cc(Cl)cc(Cl)c1.CCc1ccccc1. The van der Waals surface area contributed by atoms with Crippen LogP contribution < -0.4 is 5.32 Å². The first-order valence-electron chi connectivity index (χ1n) is 11.2. The summed E-state index contributed by atoms with van der Waals surface area (Å²) in [6.07, 6.45) is 1.56. The molecule has 196 valence electrons. The number of amides is 2. The van der Waals surface area contributed by atoms with E-state index in [1.54, 1.807) is 6.92 Å². The third-order valence-corrected chi connectivity index (χ3v) is 6.67. The summed E-state index contributed by atoms with van der Waals surface area (Å²) < 4.78 is 26.6. The van der Waals surface area contributed by atoms with Crippen LogP contribution >= 0.6 is 23.2 Å². The maximum Gasteiger partial charge on any atom is 0.333 e. The first-order valence-corrected chi connectivity index (χ1v) is 13.4. The molecule has 2 aromatic carbocycles. The Kier molecular flexibility index (Phi) is 15.3. The van der Waals surface area contributed by atoms with Crippen molar-refractivity contribution in [2.24, 2.45) is 0 Å². The molecule has 0 spiro atoms. The maximum atomic E-state index is 12.9. The molecule has 0 radical (unpaired) electrons. The van der Waals surface area contributed by atoms with Gasteiger partial charge in [-0.2, -0.15) is 0 Å². The Morgan fingerprint density at radius 3 is 1.94 bits per heavy atom. The van der Waals surface area contributed by atoms with Gasteiger partial charge >= 0.3 is 12.0 Å². The molecule has 2 N–H and O–H groups in total. The molecule has 2 rings (SSSR count). The highest BCUT2D eigenvalue weighted by atomic mass is 35.5. The Morgan fingerprint density at radius 2 is 1.54 bits per heavy atom. The van der Waals surface area contributed by atoms with Crippen molar-refractivity contribution in [3.05, 3.63) is 64.1 Å². The quantitative estimate of drug-likeness (QED) is 0.412. The van der Waals surface area contributed by atoms with Crippen LogP contribution in [0.2, 0.25) is 10.0 Å². The van der Waals surface area contributed by atoms with Crippen molar-refractivity contribution in [1.82, 2.24) is 14.7 Å². The molecule has 0 aromatic heterocycles. The summed E-state index contributed by atoms with van der Waals surface area (Å²) in [5.41, 5.74) is 1.41. The molecule has 0 fully saturated rings. The molecule has 2 aromatic rings. The third kappa shape index (κ3) is 10.9. The van der Waals surface area contributed by atoms with Crippen LogP contribution in [0, 0.1) is 0 Å². The lowest BCUT2D eigenvalue weighted by atomic mass is 10.2. The van der Waals surface area contributed by atoms with Gasteiger partial charge in [0, 0.05) is 23.6 Å². The van der Waals surface area contributed by atoms with Gasteiger partial charge in [0.05, 0.1) is 4.90 Å². The van der Waals surface area contributed by atoms with E-state index in [0.29, 0.717) is 6.42 Å². The lowest BCUT2D eigenvalue weighted by molar-refractivity contribution is -0.138. The standard InChI is InChI=1S/C14H19Cl2N3O5S.C8H10.C2H6/c1-4-5-19(18(3)14(22)17-9(2)13(20)21)25(23,24)12-7-10(15)6-11(16)8-12;1-2-8-6-4-3-5-7-8;1-2/h6-9H,4-5H2,1-3H3,(H,17,22)(H,20,21);3-7H,2H2,1H3;1-2H3. The minimum absolute atomic E-state index is 0.00214. The Balaban J connectivity index is 0.000000961. The number of nitrogens with zero attached hydrogens (tertiary/aromatic N) is 2. The molecule has 2 amide bonds. The maximum absolute atomic E-state index is 12.9. The van der Waals surface area contributed by atoms with Gasteiger partial charge in [-0.3, -0.25) is 4.79 Å². The average Bonchev–Trinajstić information content (AvgIpc) is 2.83. The van der Waals surface area contributed by atoms with Crippen LogP contribution in [0.25, 0.3) is 0 Å². The molecular weight excluding hydrogens is 513 g/mol. The normalized spacial score (nSPS) is 11.3. The van der Waals surface area contributed by atoms with Gasteiger partial charge in [0.15, 0.2) is 0 Å². The van der Waals surface area contributed by atoms with Crippen molar-refractivity contribution < 1.29 is 23.1 Å². The van der Waals surface area contributed by atoms with Crippen molar-refractivity contribution in [3.63, 3.8) is 0 Å². The van der Waals surface area contributed by atoms with E-state index < -0.39 is 28.1 Å². The van der Waals surface area contributed by atoms with Gasteiger partial charge in [0.1, 0.15) is 6.04 Å². The van der Waals surface area contributed by atoms with E-state index in [1.807, 2.05) is 19.9 Å². The smallest absolute Gasteiger partial charge is 0.333 e. The molecule has 1 unspecified atom stereocenters. The van der Waals surface area contributed by atoms with E-state index in [4.69, 9.17) is 28.3 Å². The first kappa shape index (κ1) is 32.7. The number of rotatable bonds is 8. The molecule has 0 saturated carbocycles. The van der Waals surface area contributed by atoms with Gasteiger partial charge in [-0.1, -0.05) is 81.2 Å². The zero-order valence-corrected chi connectivity index (χ0v) is 23.3. The van der Waals surface area contributed by atoms with Crippen LogP contribution in [0.15, 0.2) is 53.4 Å². The van der Waals surface area contributed by atoms with E-state index in [1.165, 1.54) is 37.7 Å². The van der Waals surface area contributed by atoms with Crippen molar-refractivity contribution >= 4 is 45.2 Å². The van der Waals surface area contributed by atoms with Gasteiger partial charge < -0.3 is 10.4 Å². The number of aliphatic carboxylic acids is 1. The summed E-state index contributed by atoms with van der Waals surface area (Å²) in [5, 5.41) is 12.1. The number of nitrogens with one attached hydrogen (secondary N) is 1. The van der Waals surface area contributed by atoms with Crippen LogP contribution in [0.5, 0.6) is 0 Å². The molecule has 11 heteroatoms. The van der Waals surface area contributed by atoms with Crippen LogP contribution in [0.1, 0.15) is 46.6 Å². The second-order valence-electron chi connectivity index (χ2n) is 7.03. The van der Waals surface area contributed by atoms with Gasteiger partial charge in [0.2, 0.25) is 0 Å². The minimum atomic E-state index is -4.13. The van der Waals surface area contributed by atoms with Crippen molar-refractivity contribution in [2.45, 2.75) is 58.4 Å². The molecule has 0 heterocycles. The Hall–Kier alpha value is -2.33. The largest absolute Gasteiger partial charge is 0.480 e. The summed E-state index contributed by atoms with van der Waals surface area (Å²) >= 11 is 11.7. The van der Waals surface area contributed by atoms with E-state index in [2.05, 4.69) is 36.5 Å². The fraction of sp³-hybridized carbons (Fsp3) is 0.417. The highest BCUT2D eigenvalue weighted by Crippen LogP contribution is 2.25. The monoisotopic (exact) mass is 547 g/mol. The number of aryl methyl sites for hydroxylation is 1. The number of carbonyl (C=O) groups excluding carboxylic acids is 1. The second kappa shape index (κ2) is 16.4. The van der Waals surface area contributed by atoms with Gasteiger partial charge in [0.25, 0.3) is 10.0 Å². The van der Waals surface area contributed by atoms with Crippen LogP contribution in [0.3, 0.4) is 0 Å². The molecular formula is C24H35Cl2N3O5S. The molecule has 0 aliphatic rings.